The second-order valence-electron chi connectivity index (χ2n) is 6.21. The van der Waals surface area contributed by atoms with E-state index in [9.17, 15) is 18.0 Å². The fourth-order valence-electron chi connectivity index (χ4n) is 3.35. The topological polar surface area (TPSA) is 32.3 Å². The van der Waals surface area contributed by atoms with Crippen molar-refractivity contribution in [2.45, 2.75) is 25.1 Å². The monoisotopic (exact) mass is 324 g/mol. The zero-order chi connectivity index (χ0) is 16.4. The van der Waals surface area contributed by atoms with Crippen molar-refractivity contribution in [1.82, 2.24) is 10.2 Å². The molecule has 1 N–H and O–H groups in total. The number of rotatable bonds is 3. The molecule has 2 bridgehead atoms. The summed E-state index contributed by atoms with van der Waals surface area (Å²) < 4.78 is 38.0. The van der Waals surface area contributed by atoms with Crippen LogP contribution in [0.2, 0.25) is 0 Å². The fourth-order valence-corrected chi connectivity index (χ4v) is 3.35. The summed E-state index contributed by atoms with van der Waals surface area (Å²) >= 11 is 0. The normalized spacial score (nSPS) is 27.3. The van der Waals surface area contributed by atoms with E-state index in [0.29, 0.717) is 11.5 Å². The van der Waals surface area contributed by atoms with Gasteiger partial charge in [-0.3, -0.25) is 4.79 Å². The zero-order valence-corrected chi connectivity index (χ0v) is 12.6. The van der Waals surface area contributed by atoms with Crippen molar-refractivity contribution >= 4 is 12.0 Å². The first kappa shape index (κ1) is 16.1. The van der Waals surface area contributed by atoms with Crippen molar-refractivity contribution in [2.24, 2.45) is 5.92 Å². The largest absolute Gasteiger partial charge is 0.416 e. The number of fused-ring (bicyclic) bond motifs is 3. The van der Waals surface area contributed by atoms with Crippen molar-refractivity contribution in [2.75, 3.05) is 19.6 Å². The highest BCUT2D eigenvalue weighted by Gasteiger charge is 2.34. The predicted octanol–water partition coefficient (Wildman–Crippen LogP) is 2.93. The van der Waals surface area contributed by atoms with E-state index in [1.54, 1.807) is 6.07 Å². The highest BCUT2D eigenvalue weighted by atomic mass is 19.4. The van der Waals surface area contributed by atoms with Crippen LogP contribution in [0.5, 0.6) is 0 Å². The van der Waals surface area contributed by atoms with Gasteiger partial charge < -0.3 is 10.2 Å². The van der Waals surface area contributed by atoms with Crippen molar-refractivity contribution < 1.29 is 18.0 Å². The van der Waals surface area contributed by atoms with Crippen LogP contribution in [0.1, 0.15) is 24.0 Å². The Bertz CT molecular complexity index is 604. The molecule has 124 valence electrons. The van der Waals surface area contributed by atoms with Gasteiger partial charge in [0.1, 0.15) is 0 Å². The van der Waals surface area contributed by atoms with Gasteiger partial charge in [0.2, 0.25) is 5.91 Å². The molecule has 3 heterocycles. The van der Waals surface area contributed by atoms with Crippen LogP contribution < -0.4 is 5.32 Å². The molecule has 0 radical (unpaired) electrons. The lowest BCUT2D eigenvalue weighted by molar-refractivity contribution is -0.137. The summed E-state index contributed by atoms with van der Waals surface area (Å²) in [7, 11) is 0. The maximum Gasteiger partial charge on any atom is 0.416 e. The number of benzene rings is 1. The molecule has 0 spiro atoms. The molecule has 1 atom stereocenters. The first-order valence-electron chi connectivity index (χ1n) is 7.80. The number of carbonyl (C=O) groups is 1. The van der Waals surface area contributed by atoms with Crippen LogP contribution in [-0.2, 0) is 11.0 Å². The van der Waals surface area contributed by atoms with Crippen molar-refractivity contribution in [3.63, 3.8) is 0 Å². The van der Waals surface area contributed by atoms with E-state index in [1.807, 2.05) is 0 Å². The molecule has 6 heteroatoms. The van der Waals surface area contributed by atoms with E-state index in [0.717, 1.165) is 44.6 Å². The Hall–Kier alpha value is -1.82. The SMILES string of the molecule is O=C(C=Cc1cccc(C(F)(F)F)c1)N[C@H]1CN2CCC1CC2. The quantitative estimate of drug-likeness (QED) is 0.867. The zero-order valence-electron chi connectivity index (χ0n) is 12.6. The molecule has 3 nitrogen and oxygen atoms in total. The number of piperidine rings is 3. The smallest absolute Gasteiger partial charge is 0.348 e. The minimum absolute atomic E-state index is 0.149. The molecule has 1 aromatic rings. The van der Waals surface area contributed by atoms with Gasteiger partial charge >= 0.3 is 6.18 Å². The summed E-state index contributed by atoms with van der Waals surface area (Å²) in [5, 5.41) is 2.98. The van der Waals surface area contributed by atoms with E-state index in [2.05, 4.69) is 10.2 Å². The molecule has 4 rings (SSSR count). The lowest BCUT2D eigenvalue weighted by Crippen LogP contribution is -2.57. The maximum atomic E-state index is 12.7. The van der Waals surface area contributed by atoms with Gasteiger partial charge in [-0.1, -0.05) is 12.1 Å². The third-order valence-corrected chi connectivity index (χ3v) is 4.62. The molecule has 0 saturated carbocycles. The van der Waals surface area contributed by atoms with Gasteiger partial charge in [0, 0.05) is 18.7 Å². The minimum atomic E-state index is -4.37. The van der Waals surface area contributed by atoms with Gasteiger partial charge in [0.25, 0.3) is 0 Å². The van der Waals surface area contributed by atoms with Crippen LogP contribution in [0.3, 0.4) is 0 Å². The van der Waals surface area contributed by atoms with Gasteiger partial charge in [0.15, 0.2) is 0 Å². The first-order chi connectivity index (χ1) is 10.9. The Kier molecular flexibility index (Phi) is 4.43. The second kappa shape index (κ2) is 6.35. The molecule has 23 heavy (non-hydrogen) atoms. The molecule has 1 amide bonds. The van der Waals surface area contributed by atoms with Gasteiger partial charge in [-0.15, -0.1) is 0 Å². The van der Waals surface area contributed by atoms with E-state index in [-0.39, 0.29) is 11.9 Å². The molecule has 0 aromatic heterocycles. The highest BCUT2D eigenvalue weighted by Crippen LogP contribution is 2.30. The van der Waals surface area contributed by atoms with E-state index in [1.165, 1.54) is 18.2 Å². The predicted molar refractivity (Wildman–Crippen MR) is 81.6 cm³/mol. The number of nitrogens with zero attached hydrogens (tertiary/aromatic N) is 1. The van der Waals surface area contributed by atoms with Crippen LogP contribution in [0, 0.1) is 5.92 Å². The third-order valence-electron chi connectivity index (χ3n) is 4.62. The van der Waals surface area contributed by atoms with Gasteiger partial charge in [-0.2, -0.15) is 13.2 Å². The highest BCUT2D eigenvalue weighted by molar-refractivity contribution is 5.92. The molecule has 1 aromatic carbocycles. The summed E-state index contributed by atoms with van der Waals surface area (Å²) in [5.74, 6) is 0.270. The Balaban J connectivity index is 1.60. The number of hydrogen-bond donors (Lipinski definition) is 1. The molecule has 0 unspecified atom stereocenters. The van der Waals surface area contributed by atoms with E-state index >= 15 is 0 Å². The number of amides is 1. The molecule has 3 aliphatic heterocycles. The molecule has 3 aliphatic rings. The average Bonchev–Trinajstić information content (AvgIpc) is 2.54. The van der Waals surface area contributed by atoms with Gasteiger partial charge in [-0.05, 0) is 55.6 Å². The van der Waals surface area contributed by atoms with Gasteiger partial charge in [0.05, 0.1) is 5.56 Å². The third kappa shape index (κ3) is 3.93. The number of carbonyl (C=O) groups excluding carboxylic acids is 1. The maximum absolute atomic E-state index is 12.7. The van der Waals surface area contributed by atoms with Crippen LogP contribution in [0.15, 0.2) is 30.3 Å². The molecular weight excluding hydrogens is 305 g/mol. The Morgan fingerprint density at radius 1 is 1.26 bits per heavy atom. The summed E-state index contributed by atoms with van der Waals surface area (Å²) in [4.78, 5) is 14.3. The van der Waals surface area contributed by atoms with Gasteiger partial charge in [-0.25, -0.2) is 0 Å². The number of hydrogen-bond acceptors (Lipinski definition) is 2. The summed E-state index contributed by atoms with van der Waals surface area (Å²) in [6.45, 7) is 3.06. The van der Waals surface area contributed by atoms with Crippen LogP contribution in [0.4, 0.5) is 13.2 Å². The molecule has 3 saturated heterocycles. The standard InChI is InChI=1S/C17H19F3N2O/c18-17(19,20)14-3-1-2-12(10-14)4-5-16(23)21-15-11-22-8-6-13(15)7-9-22/h1-5,10,13,15H,6-9,11H2,(H,21,23)/t15-/m0/s1. The van der Waals surface area contributed by atoms with Crippen molar-refractivity contribution in [1.29, 1.82) is 0 Å². The minimum Gasteiger partial charge on any atom is -0.348 e. The second-order valence-corrected chi connectivity index (χ2v) is 6.21. The number of nitrogens with one attached hydrogen (secondary N) is 1. The van der Waals surface area contributed by atoms with Crippen molar-refractivity contribution in [3.05, 3.63) is 41.5 Å². The summed E-state index contributed by atoms with van der Waals surface area (Å²) in [5.41, 5.74) is -0.346. The summed E-state index contributed by atoms with van der Waals surface area (Å²) in [6.07, 6.45) is 0.561. The lowest BCUT2D eigenvalue weighted by atomic mass is 9.84. The van der Waals surface area contributed by atoms with Crippen LogP contribution in [0.25, 0.3) is 6.08 Å². The fraction of sp³-hybridized carbons (Fsp3) is 0.471. The molecular formula is C17H19F3N2O. The van der Waals surface area contributed by atoms with E-state index in [4.69, 9.17) is 0 Å². The number of halogens is 3. The average molecular weight is 324 g/mol. The Labute approximate surface area is 133 Å². The summed E-state index contributed by atoms with van der Waals surface area (Å²) in [6, 6.07) is 5.10. The Morgan fingerprint density at radius 3 is 2.61 bits per heavy atom. The van der Waals surface area contributed by atoms with Crippen LogP contribution >= 0.6 is 0 Å². The first-order valence-corrected chi connectivity index (χ1v) is 7.80. The van der Waals surface area contributed by atoms with E-state index < -0.39 is 11.7 Å². The lowest BCUT2D eigenvalue weighted by Gasteiger charge is -2.44. The Morgan fingerprint density at radius 2 is 2.00 bits per heavy atom. The number of alkyl halides is 3. The molecule has 0 aliphatic carbocycles. The molecule has 3 fully saturated rings. The van der Waals surface area contributed by atoms with Crippen molar-refractivity contribution in [3.8, 4) is 0 Å². The van der Waals surface area contributed by atoms with Crippen LogP contribution in [-0.4, -0.2) is 36.5 Å².